The van der Waals surface area contributed by atoms with Crippen molar-refractivity contribution in [3.05, 3.63) is 11.9 Å². The lowest BCUT2D eigenvalue weighted by atomic mass is 9.45. The van der Waals surface area contributed by atoms with Crippen LogP contribution in [-0.2, 0) is 0 Å². The first kappa shape index (κ1) is 10.6. The van der Waals surface area contributed by atoms with Crippen LogP contribution in [0.2, 0.25) is 12.6 Å². The third-order valence-corrected chi connectivity index (χ3v) is 2.48. The van der Waals surface area contributed by atoms with Crippen LogP contribution in [0.4, 0.5) is 0 Å². The van der Waals surface area contributed by atoms with Crippen molar-refractivity contribution in [2.45, 2.75) is 12.6 Å². The average Bonchev–Trinajstić information content (AvgIpc) is 2.26. The van der Waals surface area contributed by atoms with Gasteiger partial charge in [0.25, 0.3) is 6.71 Å². The quantitative estimate of drug-likeness (QED) is 0.505. The highest BCUT2D eigenvalue weighted by Gasteiger charge is 2.22. The van der Waals surface area contributed by atoms with E-state index in [0.29, 0.717) is 0 Å². The van der Waals surface area contributed by atoms with Crippen molar-refractivity contribution in [1.29, 1.82) is 10.7 Å². The zero-order chi connectivity index (χ0) is 10.4. The second-order valence-corrected chi connectivity index (χ2v) is 3.39. The number of rotatable bonds is 3. The van der Waals surface area contributed by atoms with Gasteiger partial charge in [0.2, 0.25) is 0 Å². The van der Waals surface area contributed by atoms with Crippen LogP contribution in [0.15, 0.2) is 11.9 Å². The summed E-state index contributed by atoms with van der Waals surface area (Å²) in [6, 6.07) is 0. The summed E-state index contributed by atoms with van der Waals surface area (Å²) in [5.41, 5.74) is 0.892. The number of nitrogens with one attached hydrogen (secondary N) is 2. The summed E-state index contributed by atoms with van der Waals surface area (Å²) < 4.78 is 0. The molecule has 1 aliphatic rings. The molecule has 74 valence electrons. The molecule has 0 aromatic rings. The first-order valence-electron chi connectivity index (χ1n) is 4.84. The van der Waals surface area contributed by atoms with Gasteiger partial charge in [-0.1, -0.05) is 0 Å². The Morgan fingerprint density at radius 2 is 2.21 bits per heavy atom. The summed E-state index contributed by atoms with van der Waals surface area (Å²) in [5, 5.41) is 18.9. The van der Waals surface area contributed by atoms with Gasteiger partial charge in [-0.3, -0.25) is 0 Å². The van der Waals surface area contributed by atoms with Gasteiger partial charge in [-0.05, 0) is 12.6 Å². The normalized spacial score (nSPS) is 17.6. The minimum absolute atomic E-state index is 0.202. The largest absolute Gasteiger partial charge is 0.392 e. The van der Waals surface area contributed by atoms with Crippen LogP contribution in [0, 0.1) is 16.6 Å². The van der Waals surface area contributed by atoms with Crippen LogP contribution < -0.4 is 5.32 Å². The van der Waals surface area contributed by atoms with E-state index in [9.17, 15) is 0 Å². The fourth-order valence-corrected chi connectivity index (χ4v) is 1.64. The fraction of sp³-hybridized carbons (Fsp3) is 0.556. The zero-order valence-corrected chi connectivity index (χ0v) is 8.45. The standard InChI is InChI=1S/C9H15BN4/c1-13-7-9(6-11)14-4-2-10(8-12)3-5-14/h6-7,11,13H,2-5H2,1H3/b9-7+,11-6?. The van der Waals surface area contributed by atoms with Crippen LogP contribution >= 0.6 is 0 Å². The third kappa shape index (κ3) is 2.53. The van der Waals surface area contributed by atoms with Crippen molar-refractivity contribution in [3.63, 3.8) is 0 Å². The van der Waals surface area contributed by atoms with E-state index in [4.69, 9.17) is 10.7 Å². The van der Waals surface area contributed by atoms with E-state index in [1.54, 1.807) is 0 Å². The number of allylic oxidation sites excluding steroid dienone is 1. The Balaban J connectivity index is 2.52. The molecule has 14 heavy (non-hydrogen) atoms. The molecule has 0 amide bonds. The summed E-state index contributed by atoms with van der Waals surface area (Å²) in [5.74, 6) is 2.29. The van der Waals surface area contributed by atoms with E-state index < -0.39 is 0 Å². The predicted molar refractivity (Wildman–Crippen MR) is 58.5 cm³/mol. The van der Waals surface area contributed by atoms with Gasteiger partial charge < -0.3 is 15.6 Å². The Labute approximate surface area is 85.2 Å². The van der Waals surface area contributed by atoms with Crippen molar-refractivity contribution in [1.82, 2.24) is 10.2 Å². The molecule has 1 rings (SSSR count). The maximum Gasteiger partial charge on any atom is 0.271 e. The smallest absolute Gasteiger partial charge is 0.271 e. The molecule has 0 aromatic heterocycles. The van der Waals surface area contributed by atoms with E-state index >= 15 is 0 Å². The van der Waals surface area contributed by atoms with E-state index in [1.165, 1.54) is 6.21 Å². The average molecular weight is 190 g/mol. The highest BCUT2D eigenvalue weighted by atomic mass is 15.1. The van der Waals surface area contributed by atoms with Crippen LogP contribution in [0.25, 0.3) is 0 Å². The van der Waals surface area contributed by atoms with Gasteiger partial charge in [0.05, 0.1) is 5.70 Å². The van der Waals surface area contributed by atoms with Crippen molar-refractivity contribution < 1.29 is 0 Å². The molecule has 0 bridgehead atoms. The third-order valence-electron chi connectivity index (χ3n) is 2.48. The molecule has 0 spiro atoms. The monoisotopic (exact) mass is 190 g/mol. The van der Waals surface area contributed by atoms with Crippen LogP contribution in [0.1, 0.15) is 0 Å². The molecule has 4 nitrogen and oxygen atoms in total. The number of nitrogens with zero attached hydrogens (tertiary/aromatic N) is 2. The van der Waals surface area contributed by atoms with Gasteiger partial charge in [-0.15, -0.1) is 0 Å². The van der Waals surface area contributed by atoms with Gasteiger partial charge in [0.15, 0.2) is 0 Å². The molecule has 1 saturated heterocycles. The molecule has 5 heteroatoms. The lowest BCUT2D eigenvalue weighted by Gasteiger charge is -2.30. The molecule has 0 radical (unpaired) electrons. The minimum Gasteiger partial charge on any atom is -0.392 e. The topological polar surface area (TPSA) is 62.9 Å². The molecular weight excluding hydrogens is 175 g/mol. The Kier molecular flexibility index (Phi) is 4.05. The molecule has 1 fully saturated rings. The molecule has 1 heterocycles. The van der Waals surface area contributed by atoms with Gasteiger partial charge in [0.1, 0.15) is 0 Å². The zero-order valence-electron chi connectivity index (χ0n) is 8.45. The minimum atomic E-state index is 0.202. The van der Waals surface area contributed by atoms with E-state index in [2.05, 4.69) is 16.2 Å². The molecule has 2 N–H and O–H groups in total. The van der Waals surface area contributed by atoms with Crippen LogP contribution in [0.5, 0.6) is 0 Å². The second-order valence-electron chi connectivity index (χ2n) is 3.39. The predicted octanol–water partition coefficient (Wildman–Crippen LogP) is 0.570. The molecule has 1 aliphatic heterocycles. The van der Waals surface area contributed by atoms with Gasteiger partial charge >= 0.3 is 0 Å². The number of hydrogen-bond donors (Lipinski definition) is 2. The number of hydrogen-bond acceptors (Lipinski definition) is 4. The lowest BCUT2D eigenvalue weighted by molar-refractivity contribution is 0.385. The van der Waals surface area contributed by atoms with Crippen molar-refractivity contribution in [2.75, 3.05) is 20.1 Å². The molecule has 0 aromatic carbocycles. The summed E-state index contributed by atoms with van der Waals surface area (Å²) in [7, 11) is 1.82. The van der Waals surface area contributed by atoms with Gasteiger partial charge in [0, 0.05) is 38.5 Å². The highest BCUT2D eigenvalue weighted by molar-refractivity contribution is 6.67. The first-order valence-corrected chi connectivity index (χ1v) is 4.84. The van der Waals surface area contributed by atoms with E-state index in [1.807, 2.05) is 13.2 Å². The summed E-state index contributed by atoms with van der Waals surface area (Å²) in [6.45, 7) is 1.95. The fourth-order valence-electron chi connectivity index (χ4n) is 1.64. The highest BCUT2D eigenvalue weighted by Crippen LogP contribution is 2.14. The molecule has 0 aliphatic carbocycles. The number of nitriles is 1. The van der Waals surface area contributed by atoms with Crippen molar-refractivity contribution >= 4 is 12.9 Å². The molecule has 0 unspecified atom stereocenters. The van der Waals surface area contributed by atoms with E-state index in [-0.39, 0.29) is 6.71 Å². The van der Waals surface area contributed by atoms with Crippen molar-refractivity contribution in [3.8, 4) is 5.97 Å². The van der Waals surface area contributed by atoms with Gasteiger partial charge in [-0.2, -0.15) is 0 Å². The Bertz CT molecular complexity index is 260. The first-order chi connectivity index (χ1) is 6.81. The van der Waals surface area contributed by atoms with Crippen LogP contribution in [-0.4, -0.2) is 38.0 Å². The SMILES string of the molecule is CN/C=C(\C=N)N1CCB(C#N)CC1. The summed E-state index contributed by atoms with van der Waals surface area (Å²) in [6.07, 6.45) is 4.99. The maximum absolute atomic E-state index is 8.74. The maximum atomic E-state index is 8.74. The summed E-state index contributed by atoms with van der Waals surface area (Å²) in [4.78, 5) is 2.14. The molecule has 0 atom stereocenters. The lowest BCUT2D eigenvalue weighted by Crippen LogP contribution is -2.36. The van der Waals surface area contributed by atoms with E-state index in [0.717, 1.165) is 31.4 Å². The Morgan fingerprint density at radius 1 is 1.57 bits per heavy atom. The van der Waals surface area contributed by atoms with Crippen molar-refractivity contribution in [2.24, 2.45) is 0 Å². The van der Waals surface area contributed by atoms with Gasteiger partial charge in [-0.25, -0.2) is 5.26 Å². The summed E-state index contributed by atoms with van der Waals surface area (Å²) >= 11 is 0. The Hall–Kier alpha value is -1.44. The second kappa shape index (κ2) is 5.33. The Morgan fingerprint density at radius 3 is 2.64 bits per heavy atom. The molecular formula is C9H15BN4. The molecule has 0 saturated carbocycles. The van der Waals surface area contributed by atoms with Crippen LogP contribution in [0.3, 0.4) is 0 Å².